The first-order chi connectivity index (χ1) is 17.8. The zero-order valence-corrected chi connectivity index (χ0v) is 20.6. The van der Waals surface area contributed by atoms with Crippen LogP contribution in [0.15, 0.2) is 67.0 Å². The lowest BCUT2D eigenvalue weighted by Gasteiger charge is -2.21. The van der Waals surface area contributed by atoms with Crippen LogP contribution in [0.3, 0.4) is 0 Å². The maximum Gasteiger partial charge on any atom is 0.141 e. The molecule has 2 heterocycles. The maximum atomic E-state index is 13.7. The van der Waals surface area contributed by atoms with Crippen molar-refractivity contribution in [2.75, 3.05) is 10.6 Å². The number of nitrogens with zero attached hydrogens (tertiary/aromatic N) is 5. The highest BCUT2D eigenvalue weighted by atomic mass is 35.5. The fourth-order valence-corrected chi connectivity index (χ4v) is 4.25. The van der Waals surface area contributed by atoms with Gasteiger partial charge < -0.3 is 10.6 Å². The first-order valence-corrected chi connectivity index (χ1v) is 11.6. The molecule has 0 amide bonds. The van der Waals surface area contributed by atoms with E-state index in [-0.39, 0.29) is 10.8 Å². The van der Waals surface area contributed by atoms with Crippen LogP contribution in [0.2, 0.25) is 5.02 Å². The van der Waals surface area contributed by atoms with E-state index in [0.29, 0.717) is 33.5 Å². The second kappa shape index (κ2) is 9.84. The minimum absolute atomic E-state index is 0.0359. The van der Waals surface area contributed by atoms with E-state index in [9.17, 15) is 14.0 Å². The van der Waals surface area contributed by atoms with Crippen LogP contribution < -0.4 is 10.6 Å². The molecule has 0 saturated heterocycles. The molecule has 1 unspecified atom stereocenters. The van der Waals surface area contributed by atoms with Gasteiger partial charge in [-0.05, 0) is 60.5 Å². The molecule has 184 valence electrons. The van der Waals surface area contributed by atoms with Crippen molar-refractivity contribution in [1.82, 2.24) is 20.0 Å². The van der Waals surface area contributed by atoms with Crippen LogP contribution in [0.5, 0.6) is 0 Å². The van der Waals surface area contributed by atoms with Crippen molar-refractivity contribution in [3.05, 3.63) is 106 Å². The third kappa shape index (κ3) is 4.92. The molecule has 3 aromatic carbocycles. The molecule has 0 spiro atoms. The Bertz CT molecular complexity index is 1660. The molecule has 37 heavy (non-hydrogen) atoms. The van der Waals surface area contributed by atoms with Gasteiger partial charge in [0.15, 0.2) is 0 Å². The average Bonchev–Trinajstić information content (AvgIpc) is 3.31. The molecule has 0 aliphatic heterocycles. The monoisotopic (exact) mass is 515 g/mol. The Morgan fingerprint density at radius 1 is 1.08 bits per heavy atom. The minimum atomic E-state index is -0.537. The zero-order valence-electron chi connectivity index (χ0n) is 19.8. The van der Waals surface area contributed by atoms with E-state index in [1.807, 2.05) is 19.1 Å². The van der Waals surface area contributed by atoms with Gasteiger partial charge in [0.05, 0.1) is 34.0 Å². The molecule has 0 aliphatic rings. The summed E-state index contributed by atoms with van der Waals surface area (Å²) in [6, 6.07) is 16.0. The Morgan fingerprint density at radius 2 is 1.86 bits per heavy atom. The number of nitrogens with one attached hydrogen (secondary N) is 2. The average molecular weight is 516 g/mol. The van der Waals surface area contributed by atoms with E-state index in [1.165, 1.54) is 30.5 Å². The molecule has 0 fully saturated rings. The lowest BCUT2D eigenvalue weighted by atomic mass is 10.0. The lowest BCUT2D eigenvalue weighted by molar-refractivity contribution is 0.626. The molecular formula is C27H20ClF2N7. The molecule has 0 bridgehead atoms. The van der Waals surface area contributed by atoms with Crippen LogP contribution in [0.4, 0.5) is 25.8 Å². The number of pyridine rings is 1. The van der Waals surface area contributed by atoms with Gasteiger partial charge in [-0.15, -0.1) is 5.10 Å². The highest BCUT2D eigenvalue weighted by molar-refractivity contribution is 6.31. The summed E-state index contributed by atoms with van der Waals surface area (Å²) in [6.45, 7) is 1.94. The van der Waals surface area contributed by atoms with Gasteiger partial charge in [-0.2, -0.15) is 5.26 Å². The highest BCUT2D eigenvalue weighted by Crippen LogP contribution is 2.35. The largest absolute Gasteiger partial charge is 0.372 e. The van der Waals surface area contributed by atoms with Crippen molar-refractivity contribution in [1.29, 1.82) is 5.26 Å². The zero-order chi connectivity index (χ0) is 26.1. The van der Waals surface area contributed by atoms with E-state index < -0.39 is 11.9 Å². The van der Waals surface area contributed by atoms with Crippen molar-refractivity contribution in [3.63, 3.8) is 0 Å². The third-order valence-corrected chi connectivity index (χ3v) is 6.23. The molecular weight excluding hydrogens is 496 g/mol. The van der Waals surface area contributed by atoms with Gasteiger partial charge in [0.2, 0.25) is 0 Å². The van der Waals surface area contributed by atoms with Gasteiger partial charge in [0.1, 0.15) is 23.4 Å². The van der Waals surface area contributed by atoms with Gasteiger partial charge in [-0.1, -0.05) is 28.9 Å². The van der Waals surface area contributed by atoms with E-state index in [2.05, 4.69) is 32.0 Å². The van der Waals surface area contributed by atoms with Crippen molar-refractivity contribution in [3.8, 4) is 6.07 Å². The first-order valence-electron chi connectivity index (χ1n) is 11.3. The predicted octanol–water partition coefficient (Wildman–Crippen LogP) is 6.42. The number of aromatic nitrogens is 4. The second-order valence-electron chi connectivity index (χ2n) is 8.54. The van der Waals surface area contributed by atoms with Crippen LogP contribution in [0.25, 0.3) is 10.9 Å². The van der Waals surface area contributed by atoms with Crippen LogP contribution in [-0.2, 0) is 7.05 Å². The molecule has 5 rings (SSSR count). The van der Waals surface area contributed by atoms with Gasteiger partial charge in [0, 0.05) is 30.0 Å². The number of benzene rings is 3. The second-order valence-corrected chi connectivity index (χ2v) is 8.95. The third-order valence-electron chi connectivity index (χ3n) is 5.94. The number of aryl methyl sites for hydroxylation is 2. The highest BCUT2D eigenvalue weighted by Gasteiger charge is 2.20. The standard InChI is InChI=1S/C27H20ClF2N7/c1-15-9-24-20(26(17(12-31)13-32-24)33-19-7-8-22(30)21(28)10-19)11-23(15)34-27(25-14-37(2)36-35-25)16-3-5-18(29)6-4-16/h3-11,13-14,27,34H,1-2H3,(H,32,33). The maximum absolute atomic E-state index is 13.7. The molecule has 2 aromatic heterocycles. The van der Waals surface area contributed by atoms with E-state index in [1.54, 1.807) is 36.1 Å². The number of anilines is 3. The Balaban J connectivity index is 1.61. The number of nitriles is 1. The number of rotatable bonds is 6. The van der Waals surface area contributed by atoms with Gasteiger partial charge in [0.25, 0.3) is 0 Å². The summed E-state index contributed by atoms with van der Waals surface area (Å²) in [6.07, 6.45) is 3.28. The SMILES string of the molecule is Cc1cc2ncc(C#N)c(Nc3ccc(F)c(Cl)c3)c2cc1NC(c1ccc(F)cc1)c1cn(C)nn1. The molecule has 0 saturated carbocycles. The number of hydrogen-bond donors (Lipinski definition) is 2. The molecule has 10 heteroatoms. The first kappa shape index (κ1) is 24.2. The predicted molar refractivity (Wildman–Crippen MR) is 139 cm³/mol. The van der Waals surface area contributed by atoms with Crippen LogP contribution in [0, 0.1) is 29.9 Å². The Morgan fingerprint density at radius 3 is 2.54 bits per heavy atom. The summed E-state index contributed by atoms with van der Waals surface area (Å²) in [7, 11) is 1.77. The van der Waals surface area contributed by atoms with Gasteiger partial charge in [-0.25, -0.2) is 8.78 Å². The Kier molecular flexibility index (Phi) is 6.42. The fraction of sp³-hybridized carbons (Fsp3) is 0.111. The number of halogens is 3. The molecule has 2 N–H and O–H groups in total. The quantitative estimate of drug-likeness (QED) is 0.271. The summed E-state index contributed by atoms with van der Waals surface area (Å²) in [5.74, 6) is -0.875. The molecule has 1 atom stereocenters. The summed E-state index contributed by atoms with van der Waals surface area (Å²) in [5, 5.41) is 25.4. The fourth-order valence-electron chi connectivity index (χ4n) is 4.07. The van der Waals surface area contributed by atoms with Crippen molar-refractivity contribution in [2.45, 2.75) is 13.0 Å². The van der Waals surface area contributed by atoms with Crippen molar-refractivity contribution < 1.29 is 8.78 Å². The number of fused-ring (bicyclic) bond motifs is 1. The molecule has 0 aliphatic carbocycles. The summed E-state index contributed by atoms with van der Waals surface area (Å²) < 4.78 is 28.9. The van der Waals surface area contributed by atoms with Crippen LogP contribution in [-0.4, -0.2) is 20.0 Å². The topological polar surface area (TPSA) is 91.5 Å². The molecule has 5 aromatic rings. The number of hydrogen-bond acceptors (Lipinski definition) is 6. The van der Waals surface area contributed by atoms with E-state index in [0.717, 1.165) is 16.8 Å². The Labute approximate surface area is 216 Å². The van der Waals surface area contributed by atoms with Gasteiger partial charge in [-0.3, -0.25) is 9.67 Å². The van der Waals surface area contributed by atoms with Crippen LogP contribution >= 0.6 is 11.6 Å². The van der Waals surface area contributed by atoms with Crippen LogP contribution in [0.1, 0.15) is 28.4 Å². The summed E-state index contributed by atoms with van der Waals surface area (Å²) in [5.41, 5.74) is 5.11. The van der Waals surface area contributed by atoms with E-state index >= 15 is 0 Å². The summed E-state index contributed by atoms with van der Waals surface area (Å²) >= 11 is 5.96. The van der Waals surface area contributed by atoms with E-state index in [4.69, 9.17) is 11.6 Å². The minimum Gasteiger partial charge on any atom is -0.372 e. The van der Waals surface area contributed by atoms with Crippen molar-refractivity contribution in [2.24, 2.45) is 7.05 Å². The Hall–Kier alpha value is -4.55. The molecule has 7 nitrogen and oxygen atoms in total. The summed E-state index contributed by atoms with van der Waals surface area (Å²) in [4.78, 5) is 4.45. The normalized spacial score (nSPS) is 11.8. The van der Waals surface area contributed by atoms with Crippen molar-refractivity contribution >= 4 is 39.6 Å². The molecule has 0 radical (unpaired) electrons. The van der Waals surface area contributed by atoms with Gasteiger partial charge >= 0.3 is 0 Å². The smallest absolute Gasteiger partial charge is 0.141 e. The lowest BCUT2D eigenvalue weighted by Crippen LogP contribution is -2.14.